The maximum Gasteiger partial charge on any atom is 0.260 e. The number of carbonyl (C=O) groups excluding carboxylic acids is 1. The summed E-state index contributed by atoms with van der Waals surface area (Å²) in [6.45, 7) is 3.45. The first kappa shape index (κ1) is 23.2. The number of fused-ring (bicyclic) bond motifs is 1. The summed E-state index contributed by atoms with van der Waals surface area (Å²) < 4.78 is 32.1. The van der Waals surface area contributed by atoms with Gasteiger partial charge < -0.3 is 20.0 Å². The van der Waals surface area contributed by atoms with E-state index in [1.165, 1.54) is 34.2 Å². The maximum atomic E-state index is 16.1. The minimum Gasteiger partial charge on any atom is -0.507 e. The van der Waals surface area contributed by atoms with Crippen molar-refractivity contribution < 1.29 is 23.8 Å². The number of phenolic OH excluding ortho intramolecular Hbond substituents is 1. The van der Waals surface area contributed by atoms with Crippen LogP contribution in [0.1, 0.15) is 35.5 Å². The molecule has 5 rings (SSSR count). The molecular formula is C24H26F2N6O3. The van der Waals surface area contributed by atoms with Crippen molar-refractivity contribution in [1.29, 1.82) is 0 Å². The predicted octanol–water partition coefficient (Wildman–Crippen LogP) is 2.30. The highest BCUT2D eigenvalue weighted by Gasteiger charge is 2.66. The number of hydrogen-bond acceptors (Lipinski definition) is 7. The van der Waals surface area contributed by atoms with Crippen molar-refractivity contribution in [1.82, 2.24) is 24.9 Å². The van der Waals surface area contributed by atoms with E-state index in [1.54, 1.807) is 32.0 Å². The minimum absolute atomic E-state index is 0.122. The zero-order chi connectivity index (χ0) is 25.2. The lowest BCUT2D eigenvalue weighted by Gasteiger charge is -2.26. The van der Waals surface area contributed by atoms with Gasteiger partial charge in [0.25, 0.3) is 5.91 Å². The molecule has 2 atom stereocenters. The normalized spacial score (nSPS) is 24.2. The number of aliphatic hydroxyl groups is 1. The number of aryl methyl sites for hydroxylation is 1. The van der Waals surface area contributed by atoms with E-state index in [2.05, 4.69) is 15.2 Å². The Morgan fingerprint density at radius 2 is 1.69 bits per heavy atom. The lowest BCUT2D eigenvalue weighted by molar-refractivity contribution is 0.0491. The molecule has 0 radical (unpaired) electrons. The fraction of sp³-hybridized carbons (Fsp3) is 0.417. The number of hydrogen-bond donors (Lipinski definition) is 2. The van der Waals surface area contributed by atoms with Gasteiger partial charge in [-0.25, -0.2) is 13.8 Å². The fourth-order valence-electron chi connectivity index (χ4n) is 4.83. The molecule has 2 aliphatic heterocycles. The van der Waals surface area contributed by atoms with Gasteiger partial charge in [0, 0.05) is 0 Å². The highest BCUT2D eigenvalue weighted by molar-refractivity contribution is 6.00. The number of nitrogens with zero attached hydrogens (tertiary/aromatic N) is 6. The van der Waals surface area contributed by atoms with Gasteiger partial charge in [-0.15, -0.1) is 0 Å². The van der Waals surface area contributed by atoms with Crippen molar-refractivity contribution in [2.24, 2.45) is 0 Å². The third-order valence-electron chi connectivity index (χ3n) is 6.63. The zero-order valence-corrected chi connectivity index (χ0v) is 19.6. The molecule has 2 fully saturated rings. The molecule has 0 saturated carbocycles. The van der Waals surface area contributed by atoms with Crippen LogP contribution in [0.25, 0.3) is 5.69 Å². The van der Waals surface area contributed by atoms with Gasteiger partial charge >= 0.3 is 0 Å². The summed E-state index contributed by atoms with van der Waals surface area (Å²) in [5.74, 6) is -0.660. The second-order valence-corrected chi connectivity index (χ2v) is 9.88. The Hall–Kier alpha value is -3.60. The number of aromatic hydroxyl groups is 1. The van der Waals surface area contributed by atoms with Gasteiger partial charge in [-0.2, -0.15) is 15.0 Å². The van der Waals surface area contributed by atoms with Gasteiger partial charge in [0.05, 0.1) is 44.3 Å². The highest BCUT2D eigenvalue weighted by atomic mass is 19.2. The van der Waals surface area contributed by atoms with E-state index in [9.17, 15) is 15.0 Å². The molecule has 35 heavy (non-hydrogen) atoms. The first-order valence-electron chi connectivity index (χ1n) is 11.2. The number of aromatic nitrogens is 4. The molecule has 11 heteroatoms. The van der Waals surface area contributed by atoms with Crippen molar-refractivity contribution in [3.8, 4) is 11.4 Å². The van der Waals surface area contributed by atoms with Crippen LogP contribution in [-0.4, -0.2) is 78.5 Å². The van der Waals surface area contributed by atoms with Crippen LogP contribution in [0.15, 0.2) is 42.7 Å². The van der Waals surface area contributed by atoms with Gasteiger partial charge in [0.1, 0.15) is 28.4 Å². The number of phenols is 1. The van der Waals surface area contributed by atoms with Crippen LogP contribution in [0.3, 0.4) is 0 Å². The van der Waals surface area contributed by atoms with Crippen molar-refractivity contribution >= 4 is 11.7 Å². The van der Waals surface area contributed by atoms with Crippen molar-refractivity contribution in [3.63, 3.8) is 0 Å². The van der Waals surface area contributed by atoms with Crippen LogP contribution in [0.5, 0.6) is 5.75 Å². The maximum absolute atomic E-state index is 16.1. The fourth-order valence-corrected chi connectivity index (χ4v) is 4.83. The SMILES string of the molecule is Cc1cc(N2C[C@]3(F)CN(C(=O)c4c(O)cccc4-n4nccn4)C[C@]3(F)C2)nc(C(C)(C)O)c1. The molecule has 0 aliphatic carbocycles. The molecule has 2 N–H and O–H groups in total. The van der Waals surface area contributed by atoms with Crippen LogP contribution < -0.4 is 4.90 Å². The molecular weight excluding hydrogens is 458 g/mol. The minimum atomic E-state index is -2.34. The molecule has 2 aliphatic rings. The largest absolute Gasteiger partial charge is 0.507 e. The molecule has 0 spiro atoms. The van der Waals surface area contributed by atoms with Crippen LogP contribution in [0.2, 0.25) is 0 Å². The average molecular weight is 485 g/mol. The van der Waals surface area contributed by atoms with Crippen molar-refractivity contribution in [2.75, 3.05) is 31.1 Å². The van der Waals surface area contributed by atoms with Crippen LogP contribution in [0.4, 0.5) is 14.6 Å². The lowest BCUT2D eigenvalue weighted by Crippen LogP contribution is -2.44. The molecule has 3 aromatic rings. The summed E-state index contributed by atoms with van der Waals surface area (Å²) in [6.07, 6.45) is 2.84. The summed E-state index contributed by atoms with van der Waals surface area (Å²) in [6, 6.07) is 7.86. The van der Waals surface area contributed by atoms with Gasteiger partial charge in [-0.05, 0) is 50.6 Å². The van der Waals surface area contributed by atoms with E-state index in [0.717, 1.165) is 10.5 Å². The Morgan fingerprint density at radius 3 is 2.29 bits per heavy atom. The second kappa shape index (κ2) is 7.70. The Labute approximate surface area is 200 Å². The number of rotatable bonds is 4. The summed E-state index contributed by atoms with van der Waals surface area (Å²) in [4.78, 5) is 21.6. The van der Waals surface area contributed by atoms with E-state index in [1.807, 2.05) is 6.92 Å². The predicted molar refractivity (Wildman–Crippen MR) is 123 cm³/mol. The van der Waals surface area contributed by atoms with Gasteiger partial charge in [0.15, 0.2) is 11.3 Å². The molecule has 2 saturated heterocycles. The summed E-state index contributed by atoms with van der Waals surface area (Å²) in [5.41, 5.74) is -4.58. The Kier molecular flexibility index (Phi) is 5.10. The number of carbonyl (C=O) groups is 1. The Balaban J connectivity index is 1.42. The molecule has 0 bridgehead atoms. The number of benzene rings is 1. The zero-order valence-electron chi connectivity index (χ0n) is 19.6. The van der Waals surface area contributed by atoms with Gasteiger partial charge in [-0.1, -0.05) is 6.07 Å². The number of likely N-dealkylation sites (tertiary alicyclic amines) is 1. The first-order valence-corrected chi connectivity index (χ1v) is 11.2. The second-order valence-electron chi connectivity index (χ2n) is 9.88. The van der Waals surface area contributed by atoms with E-state index < -0.39 is 35.9 Å². The lowest BCUT2D eigenvalue weighted by atomic mass is 9.94. The summed E-state index contributed by atoms with van der Waals surface area (Å²) in [7, 11) is 0. The van der Waals surface area contributed by atoms with E-state index in [4.69, 9.17) is 0 Å². The third-order valence-corrected chi connectivity index (χ3v) is 6.63. The van der Waals surface area contributed by atoms with Crippen LogP contribution in [-0.2, 0) is 5.60 Å². The van der Waals surface area contributed by atoms with E-state index >= 15 is 8.78 Å². The molecule has 1 aromatic carbocycles. The quantitative estimate of drug-likeness (QED) is 0.585. The molecule has 2 aromatic heterocycles. The van der Waals surface area contributed by atoms with Crippen LogP contribution in [0, 0.1) is 6.92 Å². The molecule has 0 unspecified atom stereocenters. The standard InChI is InChI=1S/C24H26F2N6O3/c1-15-9-18(22(2,3)35)29-19(10-15)30-11-23(25)13-31(14-24(23,26)12-30)21(34)20-16(5-4-6-17(20)33)32-27-7-8-28-32/h4-10,33,35H,11-14H2,1-3H3/t23-,24+. The molecule has 1 amide bonds. The smallest absolute Gasteiger partial charge is 0.260 e. The summed E-state index contributed by atoms with van der Waals surface area (Å²) >= 11 is 0. The molecule has 4 heterocycles. The number of pyridine rings is 1. The topological polar surface area (TPSA) is 108 Å². The average Bonchev–Trinajstić information content (AvgIpc) is 3.44. The van der Waals surface area contributed by atoms with Gasteiger partial charge in [0.2, 0.25) is 0 Å². The Morgan fingerprint density at radius 1 is 1.06 bits per heavy atom. The summed E-state index contributed by atoms with van der Waals surface area (Å²) in [5, 5.41) is 28.8. The molecule has 184 valence electrons. The Bertz CT molecular complexity index is 1270. The van der Waals surface area contributed by atoms with E-state index in [-0.39, 0.29) is 30.1 Å². The first-order chi connectivity index (χ1) is 16.4. The van der Waals surface area contributed by atoms with E-state index in [0.29, 0.717) is 11.5 Å². The molecule has 9 nitrogen and oxygen atoms in total. The monoisotopic (exact) mass is 484 g/mol. The highest BCUT2D eigenvalue weighted by Crippen LogP contribution is 2.46. The number of alkyl halides is 2. The number of anilines is 1. The van der Waals surface area contributed by atoms with Gasteiger partial charge in [-0.3, -0.25) is 4.79 Å². The van der Waals surface area contributed by atoms with Crippen molar-refractivity contribution in [3.05, 3.63) is 59.5 Å². The van der Waals surface area contributed by atoms with Crippen LogP contribution >= 0.6 is 0 Å². The van der Waals surface area contributed by atoms with Crippen molar-refractivity contribution in [2.45, 2.75) is 37.7 Å². The number of halogens is 2. The number of amides is 1. The third kappa shape index (κ3) is 3.79.